The summed E-state index contributed by atoms with van der Waals surface area (Å²) >= 11 is 0. The van der Waals surface area contributed by atoms with Crippen LogP contribution in [0, 0.1) is 0 Å². The minimum Gasteiger partial charge on any atom is -0.507 e. The molecule has 1 fully saturated rings. The number of para-hydroxylation sites is 1. The molecule has 7 heteroatoms. The molecule has 0 aromatic heterocycles. The third-order valence-corrected chi connectivity index (χ3v) is 6.13. The number of aliphatic hydroxyl groups is 1. The van der Waals surface area contributed by atoms with Gasteiger partial charge in [0.25, 0.3) is 11.7 Å². The number of aromatic hydroxyl groups is 1. The first-order valence-electron chi connectivity index (χ1n) is 11.1. The lowest BCUT2D eigenvalue weighted by Crippen LogP contribution is -2.32. The Hall–Kier alpha value is -3.84. The Bertz CT molecular complexity index is 1280. The third-order valence-electron chi connectivity index (χ3n) is 6.13. The molecule has 7 nitrogen and oxygen atoms in total. The molecule has 4 rings (SSSR count). The van der Waals surface area contributed by atoms with Gasteiger partial charge >= 0.3 is 0 Å². The molecular weight excluding hydrogens is 432 g/mol. The summed E-state index contributed by atoms with van der Waals surface area (Å²) in [5, 5.41) is 23.6. The van der Waals surface area contributed by atoms with E-state index in [1.54, 1.807) is 48.5 Å². The SMILES string of the molecule is COc1ccccc1C1/C(=C(\O)c2ccc3ccccc3c2O)C(=O)C(=O)N1CCCN(C)C. The average molecular weight is 461 g/mol. The quantitative estimate of drug-likeness (QED) is 0.316. The molecule has 34 heavy (non-hydrogen) atoms. The maximum atomic E-state index is 13.2. The fourth-order valence-corrected chi connectivity index (χ4v) is 4.47. The molecule has 3 aromatic carbocycles. The third kappa shape index (κ3) is 4.10. The summed E-state index contributed by atoms with van der Waals surface area (Å²) in [4.78, 5) is 29.8. The number of carbonyl (C=O) groups excluding carboxylic acids is 2. The van der Waals surface area contributed by atoms with Gasteiger partial charge in [-0.2, -0.15) is 0 Å². The highest BCUT2D eigenvalue weighted by atomic mass is 16.5. The smallest absolute Gasteiger partial charge is 0.295 e. The Balaban J connectivity index is 1.90. The number of likely N-dealkylation sites (tertiary alicyclic amines) is 1. The molecule has 0 spiro atoms. The summed E-state index contributed by atoms with van der Waals surface area (Å²) in [6.45, 7) is 1.05. The number of carbonyl (C=O) groups is 2. The van der Waals surface area contributed by atoms with Crippen molar-refractivity contribution in [2.24, 2.45) is 0 Å². The van der Waals surface area contributed by atoms with E-state index in [9.17, 15) is 19.8 Å². The van der Waals surface area contributed by atoms with Gasteiger partial charge in [0.2, 0.25) is 0 Å². The lowest BCUT2D eigenvalue weighted by atomic mass is 9.93. The molecule has 0 aliphatic carbocycles. The van der Waals surface area contributed by atoms with Crippen LogP contribution in [0.3, 0.4) is 0 Å². The number of phenols is 1. The standard InChI is InChI=1S/C27H28N2O5/c1-28(2)15-8-16-29-23(19-11-6-7-12-21(19)34-3)22(26(32)27(29)33)25(31)20-14-13-17-9-4-5-10-18(17)24(20)30/h4-7,9-14,23,30-31H,8,15-16H2,1-3H3/b25-22+. The van der Waals surface area contributed by atoms with Crippen molar-refractivity contribution in [2.75, 3.05) is 34.3 Å². The number of hydrogen-bond donors (Lipinski definition) is 2. The number of ketones is 1. The zero-order chi connectivity index (χ0) is 24.4. The van der Waals surface area contributed by atoms with Crippen LogP contribution in [-0.2, 0) is 9.59 Å². The van der Waals surface area contributed by atoms with Gasteiger partial charge in [-0.05, 0) is 44.6 Å². The molecule has 1 amide bonds. The van der Waals surface area contributed by atoms with Crippen LogP contribution in [0.1, 0.15) is 23.6 Å². The average Bonchev–Trinajstić information content (AvgIpc) is 3.08. The fourth-order valence-electron chi connectivity index (χ4n) is 4.47. The number of methoxy groups -OCH3 is 1. The van der Waals surface area contributed by atoms with Crippen molar-refractivity contribution in [2.45, 2.75) is 12.5 Å². The van der Waals surface area contributed by atoms with E-state index in [0.717, 1.165) is 11.9 Å². The lowest BCUT2D eigenvalue weighted by molar-refractivity contribution is -0.140. The van der Waals surface area contributed by atoms with Gasteiger partial charge in [0, 0.05) is 17.5 Å². The molecule has 1 unspecified atom stereocenters. The lowest BCUT2D eigenvalue weighted by Gasteiger charge is -2.27. The molecule has 176 valence electrons. The zero-order valence-corrected chi connectivity index (χ0v) is 19.5. The van der Waals surface area contributed by atoms with Crippen molar-refractivity contribution in [3.05, 3.63) is 77.4 Å². The number of benzene rings is 3. The molecule has 1 heterocycles. The molecule has 1 atom stereocenters. The molecule has 2 N–H and O–H groups in total. The fraction of sp³-hybridized carbons (Fsp3) is 0.259. The van der Waals surface area contributed by atoms with E-state index in [4.69, 9.17) is 4.74 Å². The van der Waals surface area contributed by atoms with Gasteiger partial charge in [0.15, 0.2) is 0 Å². The summed E-state index contributed by atoms with van der Waals surface area (Å²) in [6.07, 6.45) is 0.646. The molecule has 3 aromatic rings. The summed E-state index contributed by atoms with van der Waals surface area (Å²) in [5.74, 6) is -1.52. The van der Waals surface area contributed by atoms with Gasteiger partial charge in [0.1, 0.15) is 17.3 Å². The monoisotopic (exact) mass is 460 g/mol. The van der Waals surface area contributed by atoms with Gasteiger partial charge in [0.05, 0.1) is 24.3 Å². The maximum Gasteiger partial charge on any atom is 0.295 e. The van der Waals surface area contributed by atoms with Gasteiger partial charge < -0.3 is 24.7 Å². The predicted molar refractivity (Wildman–Crippen MR) is 131 cm³/mol. The van der Waals surface area contributed by atoms with Crippen LogP contribution in [0.15, 0.2) is 66.2 Å². The van der Waals surface area contributed by atoms with E-state index in [2.05, 4.69) is 0 Å². The topological polar surface area (TPSA) is 90.3 Å². The molecule has 1 saturated heterocycles. The second-order valence-electron chi connectivity index (χ2n) is 8.57. The predicted octanol–water partition coefficient (Wildman–Crippen LogP) is 3.93. The molecule has 1 aliphatic heterocycles. The number of aliphatic hydroxyl groups excluding tert-OH is 1. The van der Waals surface area contributed by atoms with E-state index in [1.807, 2.05) is 31.1 Å². The number of phenolic OH excluding ortho intramolecular Hbond substituents is 1. The Morgan fingerprint density at radius 1 is 1.03 bits per heavy atom. The van der Waals surface area contributed by atoms with Crippen LogP contribution in [0.5, 0.6) is 11.5 Å². The van der Waals surface area contributed by atoms with Crippen molar-refractivity contribution in [1.82, 2.24) is 9.80 Å². The first kappa shape index (κ1) is 23.3. The van der Waals surface area contributed by atoms with Crippen LogP contribution in [-0.4, -0.2) is 66.0 Å². The highest BCUT2D eigenvalue weighted by Gasteiger charge is 2.47. The van der Waals surface area contributed by atoms with E-state index in [1.165, 1.54) is 12.0 Å². The minimum atomic E-state index is -0.843. The number of nitrogens with zero attached hydrogens (tertiary/aromatic N) is 2. The molecule has 0 bridgehead atoms. The largest absolute Gasteiger partial charge is 0.507 e. The van der Waals surface area contributed by atoms with E-state index >= 15 is 0 Å². The number of amides is 1. The summed E-state index contributed by atoms with van der Waals surface area (Å²) in [6, 6.07) is 16.8. The Kier molecular flexibility index (Phi) is 6.56. The Labute approximate surface area is 198 Å². The van der Waals surface area contributed by atoms with E-state index in [-0.39, 0.29) is 16.9 Å². The van der Waals surface area contributed by atoms with Crippen LogP contribution in [0.4, 0.5) is 0 Å². The van der Waals surface area contributed by atoms with Gasteiger partial charge in [-0.1, -0.05) is 48.5 Å². The minimum absolute atomic E-state index is 0.0649. The molecular formula is C27H28N2O5. The maximum absolute atomic E-state index is 13.2. The number of Topliss-reactive ketones (excluding diaryl/α,β-unsaturated/α-hetero) is 1. The summed E-state index contributed by atoms with van der Waals surface area (Å²) < 4.78 is 5.52. The molecule has 0 radical (unpaired) electrons. The van der Waals surface area contributed by atoms with Gasteiger partial charge in [-0.3, -0.25) is 9.59 Å². The highest BCUT2D eigenvalue weighted by molar-refractivity contribution is 6.46. The van der Waals surface area contributed by atoms with Crippen LogP contribution in [0.25, 0.3) is 16.5 Å². The van der Waals surface area contributed by atoms with Crippen LogP contribution < -0.4 is 4.74 Å². The zero-order valence-electron chi connectivity index (χ0n) is 19.5. The molecule has 0 saturated carbocycles. The van der Waals surface area contributed by atoms with Crippen LogP contribution in [0.2, 0.25) is 0 Å². The number of ether oxygens (including phenoxy) is 1. The van der Waals surface area contributed by atoms with E-state index < -0.39 is 23.5 Å². The summed E-state index contributed by atoms with van der Waals surface area (Å²) in [7, 11) is 5.40. The number of hydrogen-bond acceptors (Lipinski definition) is 6. The first-order valence-corrected chi connectivity index (χ1v) is 11.1. The van der Waals surface area contributed by atoms with Crippen molar-refractivity contribution < 1.29 is 24.5 Å². The number of fused-ring (bicyclic) bond motifs is 1. The van der Waals surface area contributed by atoms with Crippen molar-refractivity contribution >= 4 is 28.2 Å². The van der Waals surface area contributed by atoms with Crippen LogP contribution >= 0.6 is 0 Å². The first-order chi connectivity index (χ1) is 16.3. The second-order valence-corrected chi connectivity index (χ2v) is 8.57. The van der Waals surface area contributed by atoms with Gasteiger partial charge in [-0.25, -0.2) is 0 Å². The van der Waals surface area contributed by atoms with Gasteiger partial charge in [-0.15, -0.1) is 0 Å². The number of rotatable bonds is 7. The Morgan fingerprint density at radius 2 is 1.74 bits per heavy atom. The normalized spacial score (nSPS) is 17.6. The van der Waals surface area contributed by atoms with Crippen molar-refractivity contribution in [3.8, 4) is 11.5 Å². The molecule has 1 aliphatic rings. The van der Waals surface area contributed by atoms with Crippen molar-refractivity contribution in [3.63, 3.8) is 0 Å². The highest BCUT2D eigenvalue weighted by Crippen LogP contribution is 2.44. The second kappa shape index (κ2) is 9.57. The van der Waals surface area contributed by atoms with Crippen molar-refractivity contribution in [1.29, 1.82) is 0 Å². The Morgan fingerprint density at radius 3 is 2.47 bits per heavy atom. The van der Waals surface area contributed by atoms with E-state index in [0.29, 0.717) is 29.7 Å². The summed E-state index contributed by atoms with van der Waals surface area (Å²) in [5.41, 5.74) is 0.630.